The molecular formula is C13H10ClN5O3. The van der Waals surface area contributed by atoms with E-state index in [-0.39, 0.29) is 22.8 Å². The Morgan fingerprint density at radius 3 is 2.77 bits per heavy atom. The molecule has 0 unspecified atom stereocenters. The SMILES string of the molecule is C#CCNC(=O)C(=O)c1cc(Cl)ccc1NC(=O)CN=[N+]=[N-]. The number of benzene rings is 1. The Labute approximate surface area is 130 Å². The smallest absolute Gasteiger partial charge is 0.293 e. The van der Waals surface area contributed by atoms with Crippen molar-refractivity contribution in [3.63, 3.8) is 0 Å². The number of carbonyl (C=O) groups excluding carboxylic acids is 3. The first-order valence-electron chi connectivity index (χ1n) is 5.85. The average molecular weight is 320 g/mol. The minimum absolute atomic E-state index is 0.0726. The number of rotatable bonds is 6. The van der Waals surface area contributed by atoms with Gasteiger partial charge in [0.05, 0.1) is 17.8 Å². The molecule has 1 rings (SSSR count). The summed E-state index contributed by atoms with van der Waals surface area (Å²) >= 11 is 5.79. The van der Waals surface area contributed by atoms with E-state index in [1.807, 2.05) is 0 Å². The molecule has 9 heteroatoms. The normalized spacial score (nSPS) is 9.09. The Hall–Kier alpha value is -3.01. The zero-order valence-electron chi connectivity index (χ0n) is 11.2. The van der Waals surface area contributed by atoms with Crippen molar-refractivity contribution < 1.29 is 14.4 Å². The summed E-state index contributed by atoms with van der Waals surface area (Å²) in [6, 6.07) is 4.03. The van der Waals surface area contributed by atoms with Crippen molar-refractivity contribution in [1.82, 2.24) is 5.32 Å². The van der Waals surface area contributed by atoms with Crippen molar-refractivity contribution in [3.05, 3.63) is 39.2 Å². The Bertz CT molecular complexity index is 704. The number of halogens is 1. The lowest BCUT2D eigenvalue weighted by Crippen LogP contribution is -2.32. The second kappa shape index (κ2) is 8.32. The van der Waals surface area contributed by atoms with Crippen LogP contribution in [-0.2, 0) is 9.59 Å². The van der Waals surface area contributed by atoms with Gasteiger partial charge in [0, 0.05) is 9.93 Å². The molecule has 2 N–H and O–H groups in total. The van der Waals surface area contributed by atoms with E-state index in [0.29, 0.717) is 0 Å². The highest BCUT2D eigenvalue weighted by molar-refractivity contribution is 6.44. The molecule has 0 aromatic heterocycles. The summed E-state index contributed by atoms with van der Waals surface area (Å²) in [7, 11) is 0. The lowest BCUT2D eigenvalue weighted by Gasteiger charge is -2.10. The van der Waals surface area contributed by atoms with Crippen LogP contribution in [0.3, 0.4) is 0 Å². The third-order valence-electron chi connectivity index (χ3n) is 2.34. The van der Waals surface area contributed by atoms with E-state index in [1.165, 1.54) is 18.2 Å². The molecule has 0 heterocycles. The highest BCUT2D eigenvalue weighted by Crippen LogP contribution is 2.21. The van der Waals surface area contributed by atoms with Crippen LogP contribution in [0.5, 0.6) is 0 Å². The van der Waals surface area contributed by atoms with E-state index in [1.54, 1.807) is 0 Å². The number of amides is 2. The van der Waals surface area contributed by atoms with Crippen molar-refractivity contribution in [2.24, 2.45) is 5.11 Å². The minimum Gasteiger partial charge on any atom is -0.338 e. The first-order chi connectivity index (χ1) is 10.5. The number of ketones is 1. The maximum absolute atomic E-state index is 12.0. The van der Waals surface area contributed by atoms with Crippen LogP contribution in [0, 0.1) is 12.3 Å². The fourth-order valence-electron chi connectivity index (χ4n) is 1.43. The van der Waals surface area contributed by atoms with Crippen LogP contribution in [0.25, 0.3) is 10.4 Å². The number of carbonyl (C=O) groups is 3. The maximum Gasteiger partial charge on any atom is 0.293 e. The molecule has 0 aliphatic heterocycles. The third kappa shape index (κ3) is 4.83. The highest BCUT2D eigenvalue weighted by atomic mass is 35.5. The summed E-state index contributed by atoms with van der Waals surface area (Å²) in [5, 5.41) is 7.88. The Kier molecular flexibility index (Phi) is 6.44. The summed E-state index contributed by atoms with van der Waals surface area (Å²) < 4.78 is 0. The number of hydrogen-bond donors (Lipinski definition) is 2. The average Bonchev–Trinajstić information content (AvgIpc) is 2.51. The summed E-state index contributed by atoms with van der Waals surface area (Å²) in [5.74, 6) is -0.312. The number of Topliss-reactive ketones (excluding diaryl/α,β-unsaturated/α-hetero) is 1. The molecule has 0 radical (unpaired) electrons. The number of anilines is 1. The first kappa shape index (κ1) is 17.0. The van der Waals surface area contributed by atoms with Gasteiger partial charge in [-0.3, -0.25) is 14.4 Å². The van der Waals surface area contributed by atoms with E-state index < -0.39 is 24.1 Å². The molecule has 0 bridgehead atoms. The Morgan fingerprint density at radius 1 is 1.41 bits per heavy atom. The third-order valence-corrected chi connectivity index (χ3v) is 2.57. The van der Waals surface area contributed by atoms with Crippen LogP contribution in [0.2, 0.25) is 5.02 Å². The van der Waals surface area contributed by atoms with Gasteiger partial charge in [-0.25, -0.2) is 0 Å². The van der Waals surface area contributed by atoms with Gasteiger partial charge in [0.1, 0.15) is 6.54 Å². The molecule has 1 aromatic rings. The number of nitrogens with zero attached hydrogens (tertiary/aromatic N) is 3. The Morgan fingerprint density at radius 2 is 2.14 bits per heavy atom. The van der Waals surface area contributed by atoms with Gasteiger partial charge in [-0.2, -0.15) is 0 Å². The van der Waals surface area contributed by atoms with Gasteiger partial charge in [-0.1, -0.05) is 22.6 Å². The van der Waals surface area contributed by atoms with Crippen LogP contribution in [0.15, 0.2) is 23.3 Å². The van der Waals surface area contributed by atoms with E-state index in [2.05, 4.69) is 26.6 Å². The fraction of sp³-hybridized carbons (Fsp3) is 0.154. The highest BCUT2D eigenvalue weighted by Gasteiger charge is 2.20. The second-order valence-corrected chi connectivity index (χ2v) is 4.28. The molecule has 2 amide bonds. The van der Waals surface area contributed by atoms with Crippen molar-refractivity contribution in [1.29, 1.82) is 0 Å². The van der Waals surface area contributed by atoms with Crippen LogP contribution in [0.4, 0.5) is 5.69 Å². The molecular weight excluding hydrogens is 310 g/mol. The van der Waals surface area contributed by atoms with Crippen LogP contribution < -0.4 is 10.6 Å². The van der Waals surface area contributed by atoms with E-state index in [0.717, 1.165) is 0 Å². The van der Waals surface area contributed by atoms with Crippen LogP contribution in [-0.4, -0.2) is 30.7 Å². The molecule has 22 heavy (non-hydrogen) atoms. The molecule has 0 aliphatic carbocycles. The zero-order valence-corrected chi connectivity index (χ0v) is 11.9. The molecule has 0 saturated heterocycles. The molecule has 8 nitrogen and oxygen atoms in total. The van der Waals surface area contributed by atoms with Crippen molar-refractivity contribution in [3.8, 4) is 12.3 Å². The molecule has 0 fully saturated rings. The number of terminal acetylenes is 1. The van der Waals surface area contributed by atoms with Crippen molar-refractivity contribution in [2.75, 3.05) is 18.4 Å². The van der Waals surface area contributed by atoms with Gasteiger partial charge < -0.3 is 10.6 Å². The molecule has 0 atom stereocenters. The van der Waals surface area contributed by atoms with E-state index in [4.69, 9.17) is 23.6 Å². The molecule has 112 valence electrons. The van der Waals surface area contributed by atoms with Gasteiger partial charge in [0.2, 0.25) is 5.91 Å². The van der Waals surface area contributed by atoms with Gasteiger partial charge in [-0.15, -0.1) is 6.42 Å². The van der Waals surface area contributed by atoms with E-state index in [9.17, 15) is 14.4 Å². The van der Waals surface area contributed by atoms with Crippen molar-refractivity contribution >= 4 is 34.9 Å². The summed E-state index contributed by atoms with van der Waals surface area (Å²) in [5.41, 5.74) is 8.13. The number of hydrogen-bond acceptors (Lipinski definition) is 4. The standard InChI is InChI=1S/C13H10ClN5O3/c1-2-5-16-13(22)12(21)9-6-8(14)3-4-10(9)18-11(20)7-17-19-15/h1,3-4,6H,5,7H2,(H,16,22)(H,18,20). The predicted molar refractivity (Wildman–Crippen MR) is 80.3 cm³/mol. The monoisotopic (exact) mass is 319 g/mol. The van der Waals surface area contributed by atoms with Crippen LogP contribution >= 0.6 is 11.6 Å². The molecule has 0 saturated carbocycles. The predicted octanol–water partition coefficient (Wildman–Crippen LogP) is 1.52. The first-order valence-corrected chi connectivity index (χ1v) is 6.23. The van der Waals surface area contributed by atoms with Crippen molar-refractivity contribution in [2.45, 2.75) is 0 Å². The molecule has 0 aliphatic rings. The molecule has 0 spiro atoms. The second-order valence-electron chi connectivity index (χ2n) is 3.84. The lowest BCUT2D eigenvalue weighted by atomic mass is 10.1. The van der Waals surface area contributed by atoms with Gasteiger partial charge in [0.25, 0.3) is 11.7 Å². The molecule has 1 aromatic carbocycles. The summed E-state index contributed by atoms with van der Waals surface area (Å²) in [4.78, 5) is 37.7. The summed E-state index contributed by atoms with van der Waals surface area (Å²) in [6.45, 7) is -0.556. The van der Waals surface area contributed by atoms with E-state index >= 15 is 0 Å². The topological polar surface area (TPSA) is 124 Å². The lowest BCUT2D eigenvalue weighted by molar-refractivity contribution is -0.117. The Balaban J connectivity index is 3.02. The summed E-state index contributed by atoms with van der Waals surface area (Å²) in [6.07, 6.45) is 4.99. The number of azide groups is 1. The largest absolute Gasteiger partial charge is 0.338 e. The van der Waals surface area contributed by atoms with Crippen LogP contribution in [0.1, 0.15) is 10.4 Å². The fourth-order valence-corrected chi connectivity index (χ4v) is 1.60. The minimum atomic E-state index is -0.925. The number of nitrogens with one attached hydrogen (secondary N) is 2. The zero-order chi connectivity index (χ0) is 16.5. The van der Waals surface area contributed by atoms with Gasteiger partial charge >= 0.3 is 0 Å². The quantitative estimate of drug-likeness (QED) is 0.206. The van der Waals surface area contributed by atoms with Gasteiger partial charge in [-0.05, 0) is 23.7 Å². The maximum atomic E-state index is 12.0. The van der Waals surface area contributed by atoms with Gasteiger partial charge in [0.15, 0.2) is 0 Å².